The zero-order chi connectivity index (χ0) is 14.7. The number of rotatable bonds is 3. The number of amides is 1. The van der Waals surface area contributed by atoms with Gasteiger partial charge >= 0.3 is 0 Å². The molecule has 2 N–H and O–H groups in total. The van der Waals surface area contributed by atoms with Crippen LogP contribution in [0.2, 0.25) is 0 Å². The molecule has 6 heteroatoms. The molecule has 6 nitrogen and oxygen atoms in total. The molecule has 3 aromatic rings. The van der Waals surface area contributed by atoms with Gasteiger partial charge in [0.25, 0.3) is 5.91 Å². The van der Waals surface area contributed by atoms with E-state index in [1.807, 2.05) is 31.3 Å². The van der Waals surface area contributed by atoms with Crippen LogP contribution in [-0.2, 0) is 0 Å². The first-order valence-electron chi connectivity index (χ1n) is 6.44. The van der Waals surface area contributed by atoms with Gasteiger partial charge in [0.15, 0.2) is 5.82 Å². The van der Waals surface area contributed by atoms with Gasteiger partial charge in [-0.3, -0.25) is 4.79 Å². The van der Waals surface area contributed by atoms with Crippen LogP contribution in [0.3, 0.4) is 0 Å². The Morgan fingerprint density at radius 1 is 1.14 bits per heavy atom. The number of hydrogen-bond acceptors (Lipinski definition) is 5. The molecular formula is C15H13N5O. The second kappa shape index (κ2) is 5.54. The molecular weight excluding hydrogens is 266 g/mol. The number of para-hydroxylation sites is 1. The van der Waals surface area contributed by atoms with Crippen LogP contribution >= 0.6 is 0 Å². The third-order valence-electron chi connectivity index (χ3n) is 3.03. The summed E-state index contributed by atoms with van der Waals surface area (Å²) in [6.07, 6.45) is 1.54. The van der Waals surface area contributed by atoms with Crippen molar-refractivity contribution in [1.29, 1.82) is 0 Å². The molecule has 0 unspecified atom stereocenters. The lowest BCUT2D eigenvalue weighted by Crippen LogP contribution is -2.15. The molecule has 21 heavy (non-hydrogen) atoms. The fourth-order valence-corrected chi connectivity index (χ4v) is 2.05. The van der Waals surface area contributed by atoms with Crippen molar-refractivity contribution in [2.45, 2.75) is 0 Å². The molecule has 0 aliphatic rings. The molecule has 0 spiro atoms. The normalized spacial score (nSPS) is 10.3. The van der Waals surface area contributed by atoms with Gasteiger partial charge in [0, 0.05) is 24.3 Å². The van der Waals surface area contributed by atoms with E-state index in [-0.39, 0.29) is 5.91 Å². The van der Waals surface area contributed by atoms with Gasteiger partial charge in [-0.15, -0.1) is 5.10 Å². The van der Waals surface area contributed by atoms with Crippen LogP contribution < -0.4 is 10.6 Å². The number of nitrogens with zero attached hydrogens (tertiary/aromatic N) is 3. The maximum atomic E-state index is 12.3. The third kappa shape index (κ3) is 2.64. The molecule has 0 bridgehead atoms. The topological polar surface area (TPSA) is 79.8 Å². The van der Waals surface area contributed by atoms with Crippen LogP contribution in [0, 0.1) is 0 Å². The number of carbonyl (C=O) groups excluding carboxylic acids is 1. The van der Waals surface area contributed by atoms with Gasteiger partial charge in [0.1, 0.15) is 5.69 Å². The maximum Gasteiger partial charge on any atom is 0.275 e. The molecule has 0 saturated carbocycles. The quantitative estimate of drug-likeness (QED) is 0.769. The summed E-state index contributed by atoms with van der Waals surface area (Å²) in [7, 11) is 1.81. The van der Waals surface area contributed by atoms with E-state index in [9.17, 15) is 4.79 Å². The number of anilines is 2. The molecule has 2 heterocycles. The van der Waals surface area contributed by atoms with Crippen LogP contribution in [-0.4, -0.2) is 28.1 Å². The average Bonchev–Trinajstić information content (AvgIpc) is 2.54. The molecule has 3 rings (SSSR count). The number of aromatic nitrogens is 3. The Labute approximate surface area is 121 Å². The minimum atomic E-state index is -0.322. The van der Waals surface area contributed by atoms with Crippen molar-refractivity contribution < 1.29 is 4.79 Å². The van der Waals surface area contributed by atoms with E-state index < -0.39 is 0 Å². The molecule has 0 radical (unpaired) electrons. The fraction of sp³-hybridized carbons (Fsp3) is 0.0667. The number of pyridine rings is 1. The summed E-state index contributed by atoms with van der Waals surface area (Å²) < 4.78 is 0. The van der Waals surface area contributed by atoms with Crippen molar-refractivity contribution in [3.05, 3.63) is 54.4 Å². The highest BCUT2D eigenvalue weighted by Gasteiger charge is 2.12. The van der Waals surface area contributed by atoms with Crippen LogP contribution in [0.1, 0.15) is 10.5 Å². The minimum Gasteiger partial charge on any atom is -0.388 e. The fourth-order valence-electron chi connectivity index (χ4n) is 2.05. The molecule has 1 aromatic carbocycles. The highest BCUT2D eigenvalue weighted by Crippen LogP contribution is 2.22. The molecule has 0 atom stereocenters. The van der Waals surface area contributed by atoms with Crippen molar-refractivity contribution in [3.8, 4) is 0 Å². The molecule has 2 aromatic heterocycles. The summed E-state index contributed by atoms with van der Waals surface area (Å²) >= 11 is 0. The van der Waals surface area contributed by atoms with Crippen molar-refractivity contribution in [2.75, 3.05) is 17.7 Å². The molecule has 0 saturated heterocycles. The van der Waals surface area contributed by atoms with E-state index in [4.69, 9.17) is 0 Å². The van der Waals surface area contributed by atoms with E-state index >= 15 is 0 Å². The summed E-state index contributed by atoms with van der Waals surface area (Å²) in [6, 6.07) is 12.7. The number of nitrogens with one attached hydrogen (secondary N) is 2. The minimum absolute atomic E-state index is 0.322. The van der Waals surface area contributed by atoms with Crippen molar-refractivity contribution in [1.82, 2.24) is 15.2 Å². The Morgan fingerprint density at radius 2 is 2.00 bits per heavy atom. The lowest BCUT2D eigenvalue weighted by atomic mass is 10.1. The zero-order valence-corrected chi connectivity index (χ0v) is 11.4. The molecule has 0 aliphatic carbocycles. The van der Waals surface area contributed by atoms with Crippen molar-refractivity contribution >= 4 is 28.3 Å². The lowest BCUT2D eigenvalue weighted by molar-refractivity contribution is 0.102. The monoisotopic (exact) mass is 279 g/mol. The predicted octanol–water partition coefficient (Wildman–Crippen LogP) is 2.32. The average molecular weight is 279 g/mol. The Hall–Kier alpha value is -3.02. The lowest BCUT2D eigenvalue weighted by Gasteiger charge is -2.09. The summed E-state index contributed by atoms with van der Waals surface area (Å²) in [4.78, 5) is 16.6. The van der Waals surface area contributed by atoms with E-state index in [0.717, 1.165) is 16.6 Å². The first-order chi connectivity index (χ1) is 10.3. The van der Waals surface area contributed by atoms with Crippen LogP contribution in [0.15, 0.2) is 48.7 Å². The van der Waals surface area contributed by atoms with Gasteiger partial charge in [0.05, 0.1) is 5.52 Å². The van der Waals surface area contributed by atoms with Crippen LogP contribution in [0.4, 0.5) is 11.5 Å². The van der Waals surface area contributed by atoms with Crippen LogP contribution in [0.5, 0.6) is 0 Å². The van der Waals surface area contributed by atoms with Gasteiger partial charge in [-0.25, -0.2) is 4.98 Å². The van der Waals surface area contributed by atoms with Gasteiger partial charge < -0.3 is 10.6 Å². The maximum absolute atomic E-state index is 12.3. The van der Waals surface area contributed by atoms with Gasteiger partial charge in [-0.2, -0.15) is 5.10 Å². The zero-order valence-electron chi connectivity index (χ0n) is 11.4. The first-order valence-corrected chi connectivity index (χ1v) is 6.44. The summed E-state index contributed by atoms with van der Waals surface area (Å²) in [5.74, 6) is 0.0706. The number of benzene rings is 1. The smallest absolute Gasteiger partial charge is 0.275 e. The molecule has 1 amide bonds. The standard InChI is InChI=1S/C15H13N5O/c1-16-12-9-13(18-11-6-3-2-5-10(11)12)15(21)19-14-7-4-8-17-20-14/h2-9H,1H3,(H,16,18)(H,19,20,21). The van der Waals surface area contributed by atoms with E-state index in [0.29, 0.717) is 11.5 Å². The Balaban J connectivity index is 1.98. The summed E-state index contributed by atoms with van der Waals surface area (Å²) in [5, 5.41) is 14.3. The Kier molecular flexibility index (Phi) is 3.42. The van der Waals surface area contributed by atoms with Gasteiger partial charge in [0.2, 0.25) is 0 Å². The second-order valence-electron chi connectivity index (χ2n) is 4.39. The molecule has 0 fully saturated rings. The Morgan fingerprint density at radius 3 is 2.76 bits per heavy atom. The van der Waals surface area contributed by atoms with Crippen LogP contribution in [0.25, 0.3) is 10.9 Å². The van der Waals surface area contributed by atoms with E-state index in [1.165, 1.54) is 0 Å². The summed E-state index contributed by atoms with van der Waals surface area (Å²) in [6.45, 7) is 0. The van der Waals surface area contributed by atoms with E-state index in [2.05, 4.69) is 25.8 Å². The highest BCUT2D eigenvalue weighted by molar-refractivity contribution is 6.05. The SMILES string of the molecule is CNc1cc(C(=O)Nc2cccnn2)nc2ccccc12. The summed E-state index contributed by atoms with van der Waals surface area (Å²) in [5.41, 5.74) is 1.93. The molecule has 0 aliphatic heterocycles. The van der Waals surface area contributed by atoms with Gasteiger partial charge in [-0.1, -0.05) is 18.2 Å². The highest BCUT2D eigenvalue weighted by atomic mass is 16.1. The third-order valence-corrected chi connectivity index (χ3v) is 3.03. The number of fused-ring (bicyclic) bond motifs is 1. The first kappa shape index (κ1) is 13.0. The van der Waals surface area contributed by atoms with Gasteiger partial charge in [-0.05, 0) is 24.3 Å². The number of hydrogen-bond donors (Lipinski definition) is 2. The largest absolute Gasteiger partial charge is 0.388 e. The predicted molar refractivity (Wildman–Crippen MR) is 81.3 cm³/mol. The number of carbonyl (C=O) groups is 1. The molecule has 104 valence electrons. The van der Waals surface area contributed by atoms with Crippen molar-refractivity contribution in [2.24, 2.45) is 0 Å². The second-order valence-corrected chi connectivity index (χ2v) is 4.39. The van der Waals surface area contributed by atoms with Crippen molar-refractivity contribution in [3.63, 3.8) is 0 Å². The van der Waals surface area contributed by atoms with E-state index in [1.54, 1.807) is 24.4 Å². The Bertz CT molecular complexity index is 788.